The minimum Gasteiger partial charge on any atom is -0.368 e. The van der Waals surface area contributed by atoms with Gasteiger partial charge in [0.2, 0.25) is 0 Å². The van der Waals surface area contributed by atoms with E-state index in [1.54, 1.807) is 0 Å². The third-order valence-electron chi connectivity index (χ3n) is 4.69. The Morgan fingerprint density at radius 2 is 1.48 bits per heavy atom. The Morgan fingerprint density at radius 3 is 2.04 bits per heavy atom. The van der Waals surface area contributed by atoms with Crippen molar-refractivity contribution in [2.75, 3.05) is 36.4 Å². The van der Waals surface area contributed by atoms with Crippen LogP contribution in [0, 0.1) is 0 Å². The first-order chi connectivity index (χ1) is 11.9. The number of benzene rings is 2. The second kappa shape index (κ2) is 7.44. The summed E-state index contributed by atoms with van der Waals surface area (Å²) in [6.07, 6.45) is 0. The molecule has 3 nitrogen and oxygen atoms in total. The van der Waals surface area contributed by atoms with Gasteiger partial charge in [-0.1, -0.05) is 51.1 Å². The van der Waals surface area contributed by atoms with Crippen LogP contribution >= 0.6 is 12.2 Å². The van der Waals surface area contributed by atoms with E-state index in [1.165, 1.54) is 11.3 Å². The average Bonchev–Trinajstić information content (AvgIpc) is 2.62. The first-order valence-corrected chi connectivity index (χ1v) is 9.31. The number of para-hydroxylation sites is 1. The van der Waals surface area contributed by atoms with Crippen LogP contribution < -0.4 is 10.2 Å². The number of hydrogen-bond donors (Lipinski definition) is 1. The molecule has 1 N–H and O–H groups in total. The molecule has 1 fully saturated rings. The fourth-order valence-corrected chi connectivity index (χ4v) is 3.36. The minimum absolute atomic E-state index is 0.173. The number of nitrogens with zero attached hydrogens (tertiary/aromatic N) is 2. The van der Waals surface area contributed by atoms with Crippen LogP contribution in [0.15, 0.2) is 54.6 Å². The van der Waals surface area contributed by atoms with E-state index < -0.39 is 0 Å². The molecule has 0 atom stereocenters. The standard InChI is InChI=1S/C21H27N3S/c1-21(2,3)17-9-11-18(12-10-17)22-20(25)24-15-13-23(14-16-24)19-7-5-4-6-8-19/h4-12H,13-16H2,1-3H3,(H,22,25). The number of rotatable bonds is 2. The molecule has 4 heteroatoms. The Labute approximate surface area is 156 Å². The van der Waals surface area contributed by atoms with Crippen molar-refractivity contribution < 1.29 is 0 Å². The van der Waals surface area contributed by atoms with E-state index in [9.17, 15) is 0 Å². The predicted octanol–water partition coefficient (Wildman–Crippen LogP) is 4.50. The van der Waals surface area contributed by atoms with Gasteiger partial charge in [-0.05, 0) is 47.5 Å². The lowest BCUT2D eigenvalue weighted by molar-refractivity contribution is 0.391. The van der Waals surface area contributed by atoms with Crippen molar-refractivity contribution in [2.24, 2.45) is 0 Å². The van der Waals surface area contributed by atoms with Gasteiger partial charge >= 0.3 is 0 Å². The fraction of sp³-hybridized carbons (Fsp3) is 0.381. The highest BCUT2D eigenvalue weighted by Crippen LogP contribution is 2.23. The van der Waals surface area contributed by atoms with Crippen molar-refractivity contribution in [1.29, 1.82) is 0 Å². The molecule has 132 valence electrons. The molecular formula is C21H27N3S. The molecule has 0 unspecified atom stereocenters. The third-order valence-corrected chi connectivity index (χ3v) is 5.05. The fourth-order valence-electron chi connectivity index (χ4n) is 3.06. The van der Waals surface area contributed by atoms with E-state index in [4.69, 9.17) is 12.2 Å². The molecule has 3 rings (SSSR count). The lowest BCUT2D eigenvalue weighted by Gasteiger charge is -2.37. The largest absolute Gasteiger partial charge is 0.368 e. The van der Waals surface area contributed by atoms with E-state index in [1.807, 2.05) is 0 Å². The van der Waals surface area contributed by atoms with Crippen LogP contribution in [0.4, 0.5) is 11.4 Å². The second-order valence-electron chi connectivity index (χ2n) is 7.57. The van der Waals surface area contributed by atoms with Crippen LogP contribution in [0.25, 0.3) is 0 Å². The van der Waals surface area contributed by atoms with Crippen molar-refractivity contribution in [3.8, 4) is 0 Å². The van der Waals surface area contributed by atoms with Gasteiger partial charge in [0.05, 0.1) is 0 Å². The molecule has 1 aliphatic heterocycles. The van der Waals surface area contributed by atoms with E-state index >= 15 is 0 Å². The Bertz CT molecular complexity index is 696. The molecule has 1 saturated heterocycles. The maximum Gasteiger partial charge on any atom is 0.173 e. The molecule has 0 saturated carbocycles. The molecule has 0 spiro atoms. The molecular weight excluding hydrogens is 326 g/mol. The first kappa shape index (κ1) is 17.7. The van der Waals surface area contributed by atoms with Gasteiger partial charge in [-0.25, -0.2) is 0 Å². The van der Waals surface area contributed by atoms with Gasteiger partial charge in [-0.2, -0.15) is 0 Å². The molecule has 1 heterocycles. The molecule has 0 amide bonds. The van der Waals surface area contributed by atoms with Crippen molar-refractivity contribution in [1.82, 2.24) is 4.90 Å². The van der Waals surface area contributed by atoms with Gasteiger partial charge in [-0.15, -0.1) is 0 Å². The Morgan fingerprint density at radius 1 is 0.880 bits per heavy atom. The number of thiocarbonyl (C=S) groups is 1. The van der Waals surface area contributed by atoms with Gasteiger partial charge in [0, 0.05) is 37.6 Å². The zero-order valence-electron chi connectivity index (χ0n) is 15.3. The summed E-state index contributed by atoms with van der Waals surface area (Å²) < 4.78 is 0. The van der Waals surface area contributed by atoms with Crippen LogP contribution in [-0.2, 0) is 5.41 Å². The summed E-state index contributed by atoms with van der Waals surface area (Å²) in [5.41, 5.74) is 3.86. The predicted molar refractivity (Wildman–Crippen MR) is 112 cm³/mol. The van der Waals surface area contributed by atoms with Crippen LogP contribution in [0.1, 0.15) is 26.3 Å². The molecule has 0 bridgehead atoms. The summed E-state index contributed by atoms with van der Waals surface area (Å²) in [5, 5.41) is 4.20. The summed E-state index contributed by atoms with van der Waals surface area (Å²) in [6, 6.07) is 19.2. The molecule has 25 heavy (non-hydrogen) atoms. The average molecular weight is 354 g/mol. The highest BCUT2D eigenvalue weighted by molar-refractivity contribution is 7.80. The topological polar surface area (TPSA) is 18.5 Å². The molecule has 1 aliphatic rings. The third kappa shape index (κ3) is 4.51. The molecule has 2 aromatic rings. The van der Waals surface area contributed by atoms with Crippen molar-refractivity contribution >= 4 is 28.7 Å². The Balaban J connectivity index is 1.54. The number of hydrogen-bond acceptors (Lipinski definition) is 2. The Hall–Kier alpha value is -2.07. The normalized spacial score (nSPS) is 15.2. The zero-order chi connectivity index (χ0) is 17.9. The van der Waals surface area contributed by atoms with Crippen LogP contribution in [0.3, 0.4) is 0 Å². The van der Waals surface area contributed by atoms with E-state index in [-0.39, 0.29) is 5.41 Å². The zero-order valence-corrected chi connectivity index (χ0v) is 16.1. The van der Waals surface area contributed by atoms with Gasteiger partial charge in [-0.3, -0.25) is 0 Å². The lowest BCUT2D eigenvalue weighted by atomic mass is 9.87. The summed E-state index contributed by atoms with van der Waals surface area (Å²) in [5.74, 6) is 0. The van der Waals surface area contributed by atoms with E-state index in [0.29, 0.717) is 0 Å². The monoisotopic (exact) mass is 353 g/mol. The van der Waals surface area contributed by atoms with E-state index in [0.717, 1.165) is 37.0 Å². The minimum atomic E-state index is 0.173. The van der Waals surface area contributed by atoms with Crippen molar-refractivity contribution in [3.63, 3.8) is 0 Å². The summed E-state index contributed by atoms with van der Waals surface area (Å²) >= 11 is 5.61. The summed E-state index contributed by atoms with van der Waals surface area (Å²) in [6.45, 7) is 10.6. The smallest absolute Gasteiger partial charge is 0.173 e. The van der Waals surface area contributed by atoms with Gasteiger partial charge in [0.1, 0.15) is 0 Å². The quantitative estimate of drug-likeness (QED) is 0.801. The van der Waals surface area contributed by atoms with Crippen LogP contribution in [-0.4, -0.2) is 36.2 Å². The van der Waals surface area contributed by atoms with Gasteiger partial charge in [0.25, 0.3) is 0 Å². The summed E-state index contributed by atoms with van der Waals surface area (Å²) in [7, 11) is 0. The number of nitrogens with one attached hydrogen (secondary N) is 1. The first-order valence-electron chi connectivity index (χ1n) is 8.90. The molecule has 0 radical (unpaired) electrons. The molecule has 0 aromatic heterocycles. The van der Waals surface area contributed by atoms with E-state index in [2.05, 4.69) is 90.5 Å². The Kier molecular flexibility index (Phi) is 5.28. The summed E-state index contributed by atoms with van der Waals surface area (Å²) in [4.78, 5) is 4.67. The highest BCUT2D eigenvalue weighted by Gasteiger charge is 2.19. The van der Waals surface area contributed by atoms with Gasteiger partial charge in [0.15, 0.2) is 5.11 Å². The van der Waals surface area contributed by atoms with Crippen LogP contribution in [0.5, 0.6) is 0 Å². The number of piperazine rings is 1. The second-order valence-corrected chi connectivity index (χ2v) is 7.95. The SMILES string of the molecule is CC(C)(C)c1ccc(NC(=S)N2CCN(c3ccccc3)CC2)cc1. The van der Waals surface area contributed by atoms with Crippen LogP contribution in [0.2, 0.25) is 0 Å². The van der Waals surface area contributed by atoms with Gasteiger partial charge < -0.3 is 15.1 Å². The highest BCUT2D eigenvalue weighted by atomic mass is 32.1. The lowest BCUT2D eigenvalue weighted by Crippen LogP contribution is -2.50. The molecule has 0 aliphatic carbocycles. The number of anilines is 2. The van der Waals surface area contributed by atoms with Crippen molar-refractivity contribution in [2.45, 2.75) is 26.2 Å². The van der Waals surface area contributed by atoms with Crippen molar-refractivity contribution in [3.05, 3.63) is 60.2 Å². The maximum absolute atomic E-state index is 5.61. The molecule has 2 aromatic carbocycles. The maximum atomic E-state index is 5.61.